The number of amides is 7. The second-order valence-corrected chi connectivity index (χ2v) is 12.4. The number of phenolic OH excluding ortho intramolecular Hbond substituents is 1. The second kappa shape index (κ2) is 23.4. The van der Waals surface area contributed by atoms with Gasteiger partial charge in [0.15, 0.2) is 11.9 Å². The lowest BCUT2D eigenvalue weighted by molar-refractivity contribution is -0.136. The Bertz CT molecular complexity index is 1490. The molecular weight excluding hydrogens is 710 g/mol. The normalized spacial score (nSPS) is 14.0. The van der Waals surface area contributed by atoms with Crippen LogP contribution in [0.15, 0.2) is 24.3 Å². The molecule has 7 amide bonds. The van der Waals surface area contributed by atoms with E-state index in [0.717, 1.165) is 6.92 Å². The van der Waals surface area contributed by atoms with Gasteiger partial charge in [-0.15, -0.1) is 0 Å². The van der Waals surface area contributed by atoms with Crippen LogP contribution in [0.4, 0.5) is 0 Å². The molecule has 0 saturated heterocycles. The molecule has 19 N–H and O–H groups in total. The Morgan fingerprint density at radius 3 is 1.48 bits per heavy atom. The van der Waals surface area contributed by atoms with E-state index in [1.54, 1.807) is 0 Å². The van der Waals surface area contributed by atoms with Crippen molar-refractivity contribution in [3.8, 4) is 5.75 Å². The molecule has 0 heterocycles. The van der Waals surface area contributed by atoms with Crippen LogP contribution in [0.25, 0.3) is 0 Å². The van der Waals surface area contributed by atoms with E-state index in [2.05, 4.69) is 37.2 Å². The Morgan fingerprint density at radius 1 is 0.667 bits per heavy atom. The number of aliphatic hydroxyl groups is 1. The monoisotopic (exact) mass is 763 g/mol. The van der Waals surface area contributed by atoms with Gasteiger partial charge in [0.1, 0.15) is 36.0 Å². The Hall–Kier alpha value is -6.19. The van der Waals surface area contributed by atoms with Gasteiger partial charge in [-0.05, 0) is 56.7 Å². The molecule has 300 valence electrons. The second-order valence-electron chi connectivity index (χ2n) is 12.4. The highest BCUT2D eigenvalue weighted by atomic mass is 16.3. The minimum atomic E-state index is -1.50. The van der Waals surface area contributed by atoms with Gasteiger partial charge in [0.05, 0.1) is 6.10 Å². The number of hydrogen-bond donors (Lipinski definition) is 15. The van der Waals surface area contributed by atoms with E-state index in [9.17, 15) is 43.8 Å². The number of carbonyl (C=O) groups excluding carboxylic acids is 7. The van der Waals surface area contributed by atoms with Gasteiger partial charge in [0.25, 0.3) is 0 Å². The Morgan fingerprint density at radius 2 is 1.09 bits per heavy atom. The molecule has 0 bridgehead atoms. The van der Waals surface area contributed by atoms with E-state index in [1.807, 2.05) is 0 Å². The summed E-state index contributed by atoms with van der Waals surface area (Å²) in [5, 5.41) is 51.7. The summed E-state index contributed by atoms with van der Waals surface area (Å²) < 4.78 is 0. The number of carbonyl (C=O) groups is 7. The Balaban J connectivity index is 3.35. The summed E-state index contributed by atoms with van der Waals surface area (Å²) in [6.45, 7) is 2.60. The third kappa shape index (κ3) is 18.3. The summed E-state index contributed by atoms with van der Waals surface area (Å²) in [6, 6.07) is -1.10. The van der Waals surface area contributed by atoms with E-state index in [-0.39, 0.29) is 75.7 Å². The number of rotatable bonds is 24. The van der Waals surface area contributed by atoms with Gasteiger partial charge in [-0.2, -0.15) is 0 Å². The molecule has 0 radical (unpaired) electrons. The fourth-order valence-electron chi connectivity index (χ4n) is 4.94. The number of aromatic hydroxyl groups is 1. The van der Waals surface area contributed by atoms with Crippen molar-refractivity contribution in [1.82, 2.24) is 37.2 Å². The van der Waals surface area contributed by atoms with Crippen LogP contribution in [0.1, 0.15) is 57.9 Å². The number of nitrogens with one attached hydrogen (secondary N) is 9. The molecule has 22 heteroatoms. The molecule has 22 nitrogen and oxygen atoms in total. The fourth-order valence-corrected chi connectivity index (χ4v) is 4.94. The molecule has 0 fully saturated rings. The van der Waals surface area contributed by atoms with Crippen molar-refractivity contribution in [1.29, 1.82) is 10.8 Å². The van der Waals surface area contributed by atoms with Gasteiger partial charge >= 0.3 is 0 Å². The highest BCUT2D eigenvalue weighted by Gasteiger charge is 2.33. The van der Waals surface area contributed by atoms with Gasteiger partial charge in [-0.1, -0.05) is 12.1 Å². The van der Waals surface area contributed by atoms with Crippen LogP contribution in [-0.4, -0.2) is 113 Å². The molecule has 0 aliphatic carbocycles. The molecule has 1 aromatic carbocycles. The van der Waals surface area contributed by atoms with Gasteiger partial charge in [0.2, 0.25) is 41.4 Å². The third-order valence-corrected chi connectivity index (χ3v) is 7.71. The molecule has 54 heavy (non-hydrogen) atoms. The average molecular weight is 764 g/mol. The maximum atomic E-state index is 13.7. The van der Waals surface area contributed by atoms with E-state index in [4.69, 9.17) is 33.8 Å². The lowest BCUT2D eigenvalue weighted by Crippen LogP contribution is -2.60. The molecular formula is C32H53N13O9. The lowest BCUT2D eigenvalue weighted by Gasteiger charge is -2.27. The van der Waals surface area contributed by atoms with Gasteiger partial charge in [0, 0.05) is 32.9 Å². The molecule has 0 unspecified atom stereocenters. The zero-order valence-electron chi connectivity index (χ0n) is 30.2. The first-order valence-corrected chi connectivity index (χ1v) is 17.0. The smallest absolute Gasteiger partial charge is 0.245 e. The summed E-state index contributed by atoms with van der Waals surface area (Å²) in [4.78, 5) is 89.7. The third-order valence-electron chi connectivity index (χ3n) is 7.71. The number of guanidine groups is 2. The van der Waals surface area contributed by atoms with Crippen molar-refractivity contribution < 1.29 is 43.8 Å². The van der Waals surface area contributed by atoms with E-state index in [0.29, 0.717) is 5.56 Å². The van der Waals surface area contributed by atoms with E-state index in [1.165, 1.54) is 31.2 Å². The van der Waals surface area contributed by atoms with Crippen molar-refractivity contribution >= 4 is 53.3 Å². The minimum Gasteiger partial charge on any atom is -0.508 e. The first kappa shape index (κ1) is 45.8. The first-order valence-electron chi connectivity index (χ1n) is 17.0. The highest BCUT2D eigenvalue weighted by Crippen LogP contribution is 2.12. The molecule has 0 aliphatic rings. The standard InChI is InChI=1S/C32H53N13O9/c1-16(46)25(41-17(2)47)30(54)44-21(6-4-14-40-32(37)38)27(51)43-22(11-12-24(33)49)29(53)42-20(5-3-13-39-31(35)36)28(52)45-23(26(34)50)15-18-7-9-19(48)10-8-18/h7-10,16,20-23,25,46,48H,3-6,11-15H2,1-2H3,(H2,33,49)(H2,34,50)(H,41,47)(H,42,53)(H,43,51)(H,44,54)(H,45,52)(H4,35,36,39)(H4,37,38,40)/t16-,20+,21+,22+,23+,25+/m1/s1. The highest BCUT2D eigenvalue weighted by molar-refractivity contribution is 5.96. The number of nitrogens with two attached hydrogens (primary N) is 4. The van der Waals surface area contributed by atoms with E-state index >= 15 is 0 Å². The average Bonchev–Trinajstić information content (AvgIpc) is 3.07. The van der Waals surface area contributed by atoms with Crippen LogP contribution in [0.2, 0.25) is 0 Å². The number of hydrogen-bond acceptors (Lipinski definition) is 11. The van der Waals surface area contributed by atoms with Crippen LogP contribution in [-0.2, 0) is 40.0 Å². The van der Waals surface area contributed by atoms with Crippen molar-refractivity contribution in [2.24, 2.45) is 22.9 Å². The molecule has 6 atom stereocenters. The summed E-state index contributed by atoms with van der Waals surface area (Å²) >= 11 is 0. The zero-order chi connectivity index (χ0) is 41.0. The van der Waals surface area contributed by atoms with Crippen LogP contribution in [0.5, 0.6) is 5.75 Å². The maximum Gasteiger partial charge on any atom is 0.245 e. The summed E-state index contributed by atoms with van der Waals surface area (Å²) in [7, 11) is 0. The van der Waals surface area contributed by atoms with Crippen molar-refractivity contribution in [3.05, 3.63) is 29.8 Å². The van der Waals surface area contributed by atoms with Crippen molar-refractivity contribution in [2.75, 3.05) is 13.1 Å². The van der Waals surface area contributed by atoms with Crippen LogP contribution >= 0.6 is 0 Å². The fraction of sp³-hybridized carbons (Fsp3) is 0.531. The van der Waals surface area contributed by atoms with Gasteiger partial charge in [-0.3, -0.25) is 44.4 Å². The zero-order valence-corrected chi connectivity index (χ0v) is 30.2. The minimum absolute atomic E-state index is 0.0222. The Labute approximate surface area is 311 Å². The van der Waals surface area contributed by atoms with Crippen molar-refractivity contribution in [2.45, 2.75) is 95.1 Å². The first-order chi connectivity index (χ1) is 25.3. The lowest BCUT2D eigenvalue weighted by atomic mass is 10.0. The molecule has 1 rings (SSSR count). The summed E-state index contributed by atoms with van der Waals surface area (Å²) in [6.07, 6.45) is -1.96. The topological polar surface area (TPSA) is 396 Å². The molecule has 0 aromatic heterocycles. The van der Waals surface area contributed by atoms with Crippen LogP contribution in [0, 0.1) is 10.8 Å². The summed E-state index contributed by atoms with van der Waals surface area (Å²) in [5.41, 5.74) is 22.1. The number of primary amides is 2. The van der Waals surface area contributed by atoms with Gasteiger partial charge in [-0.25, -0.2) is 0 Å². The number of phenols is 1. The van der Waals surface area contributed by atoms with Crippen LogP contribution in [0.3, 0.4) is 0 Å². The molecule has 0 aliphatic heterocycles. The molecule has 1 aromatic rings. The SMILES string of the molecule is CC(=O)N[C@H](C(=O)N[C@@H](CCCNC(=N)N)C(=O)N[C@@H](CCC(N)=O)C(=O)N[C@@H](CCCNC(=N)N)C(=O)N[C@@H](Cc1ccc(O)cc1)C(N)=O)[C@@H](C)O. The number of aliphatic hydroxyl groups excluding tert-OH is 1. The predicted molar refractivity (Wildman–Crippen MR) is 195 cm³/mol. The van der Waals surface area contributed by atoms with Crippen LogP contribution < -0.4 is 60.2 Å². The maximum absolute atomic E-state index is 13.7. The summed E-state index contributed by atoms with van der Waals surface area (Å²) in [5.74, 6) is -6.68. The molecule has 0 saturated carbocycles. The molecule has 0 spiro atoms. The largest absolute Gasteiger partial charge is 0.508 e. The number of benzene rings is 1. The predicted octanol–water partition coefficient (Wildman–Crippen LogP) is -4.96. The van der Waals surface area contributed by atoms with E-state index < -0.39 is 77.7 Å². The van der Waals surface area contributed by atoms with Gasteiger partial charge < -0.3 is 70.4 Å². The van der Waals surface area contributed by atoms with Crippen molar-refractivity contribution in [3.63, 3.8) is 0 Å². The quantitative estimate of drug-likeness (QED) is 0.0267. The Kier molecular flexibility index (Phi) is 19.8.